The number of nitrogens with one attached hydrogen (secondary N) is 2. The molecule has 1 heterocycles. The number of hydrogen-bond donors (Lipinski definition) is 3. The third kappa shape index (κ3) is 7.10. The fraction of sp³-hybridized carbons (Fsp3) is 0.212. The van der Waals surface area contributed by atoms with Crippen LogP contribution in [0.1, 0.15) is 34.8 Å². The van der Waals surface area contributed by atoms with Crippen LogP contribution in [0.5, 0.6) is 5.75 Å². The van der Waals surface area contributed by atoms with E-state index >= 15 is 0 Å². The number of azide groups is 1. The molecular weight excluding hydrogens is 624 g/mol. The Kier molecular flexibility index (Phi) is 10.3. The van der Waals surface area contributed by atoms with Crippen molar-refractivity contribution in [2.75, 3.05) is 13.2 Å². The van der Waals surface area contributed by atoms with Gasteiger partial charge < -0.3 is 14.6 Å². The Morgan fingerprint density at radius 1 is 1.02 bits per heavy atom. The number of ether oxygens (including phenoxy) is 2. The quantitative estimate of drug-likeness (QED) is 0.0498. The number of hydrogen-bond acceptors (Lipinski definition) is 7. The smallest absolute Gasteiger partial charge is 0.266 e. The molecule has 1 aliphatic heterocycles. The Balaban J connectivity index is 1.57. The normalized spacial score (nSPS) is 17.2. The number of carbonyl (C=O) groups excluding carboxylic acids is 1. The lowest BCUT2D eigenvalue weighted by molar-refractivity contribution is -0.130. The second-order valence-corrected chi connectivity index (χ2v) is 11.0. The monoisotopic (exact) mass is 654 g/mol. The van der Waals surface area contributed by atoms with Crippen molar-refractivity contribution in [2.24, 2.45) is 10.1 Å². The van der Waals surface area contributed by atoms with Gasteiger partial charge in [-0.05, 0) is 47.0 Å². The van der Waals surface area contributed by atoms with Gasteiger partial charge in [0.1, 0.15) is 5.75 Å². The molecule has 3 N–H and O–H groups in total. The maximum Gasteiger partial charge on any atom is 0.266 e. The molecule has 1 aliphatic rings. The van der Waals surface area contributed by atoms with Crippen molar-refractivity contribution in [2.45, 2.75) is 31.0 Å². The van der Waals surface area contributed by atoms with Crippen molar-refractivity contribution in [3.05, 3.63) is 140 Å². The first kappa shape index (κ1) is 30.8. The minimum atomic E-state index is -1.50. The molecule has 5 rings (SSSR count). The van der Waals surface area contributed by atoms with Gasteiger partial charge in [-0.3, -0.25) is 10.2 Å². The number of nitrogens with zero attached hydrogens (tertiary/aromatic N) is 4. The predicted octanol–water partition coefficient (Wildman–Crippen LogP) is 6.47. The summed E-state index contributed by atoms with van der Waals surface area (Å²) in [6, 6.07) is 31.6. The lowest BCUT2D eigenvalue weighted by atomic mass is 9.81. The molecule has 0 radical (unpaired) electrons. The largest absolute Gasteiger partial charge is 0.494 e. The summed E-state index contributed by atoms with van der Waals surface area (Å²) in [5.41, 5.74) is 17.1. The first-order valence-corrected chi connectivity index (χ1v) is 14.9. The number of aliphatic hydroxyl groups is 1. The summed E-state index contributed by atoms with van der Waals surface area (Å²) in [5, 5.41) is 12.9. The van der Waals surface area contributed by atoms with Gasteiger partial charge in [-0.1, -0.05) is 93.8 Å². The van der Waals surface area contributed by atoms with Crippen LogP contribution in [0.4, 0.5) is 5.69 Å². The highest BCUT2D eigenvalue weighted by Crippen LogP contribution is 2.45. The molecule has 10 nitrogen and oxygen atoms in total. The number of aliphatic hydroxyl groups excluding tert-OH is 1. The Hall–Kier alpha value is -4.67. The van der Waals surface area contributed by atoms with Crippen molar-refractivity contribution in [1.82, 2.24) is 10.9 Å². The van der Waals surface area contributed by atoms with Gasteiger partial charge in [-0.25, -0.2) is 10.4 Å². The standard InChI is InChI=1S/C33H31BrN6O4/c34-28-13-6-5-12-27(28)30-33(21-25-11-4-7-14-29(25)38-40-35,32(42)39-36-22-23-9-2-1-3-10-23)37-31(44-30)24-15-17-26(18-16-24)43-20-8-19-41/h1-7,9-18,30,36,41H,8,19-22H2,(H,39,42)/t30-,33-/m0/s1. The van der Waals surface area contributed by atoms with Gasteiger partial charge in [0.25, 0.3) is 5.91 Å². The van der Waals surface area contributed by atoms with Crippen molar-refractivity contribution in [1.29, 1.82) is 0 Å². The second kappa shape index (κ2) is 14.7. The summed E-state index contributed by atoms with van der Waals surface area (Å²) in [4.78, 5) is 22.4. The molecule has 0 fully saturated rings. The topological polar surface area (TPSA) is 141 Å². The van der Waals surface area contributed by atoms with E-state index in [0.717, 1.165) is 15.6 Å². The first-order chi connectivity index (χ1) is 21.5. The molecule has 4 aromatic carbocycles. The maximum atomic E-state index is 14.4. The van der Waals surface area contributed by atoms with Gasteiger partial charge in [0.2, 0.25) is 5.90 Å². The first-order valence-electron chi connectivity index (χ1n) is 14.1. The number of hydrazine groups is 1. The van der Waals surface area contributed by atoms with E-state index in [1.807, 2.05) is 78.9 Å². The Morgan fingerprint density at radius 2 is 1.75 bits per heavy atom. The Bertz CT molecular complexity index is 1660. The van der Waals surface area contributed by atoms with Crippen molar-refractivity contribution >= 4 is 33.4 Å². The minimum Gasteiger partial charge on any atom is -0.494 e. The Labute approximate surface area is 263 Å². The van der Waals surface area contributed by atoms with Gasteiger partial charge in [0.15, 0.2) is 11.6 Å². The highest BCUT2D eigenvalue weighted by atomic mass is 79.9. The van der Waals surface area contributed by atoms with Crippen LogP contribution in [-0.4, -0.2) is 35.7 Å². The third-order valence-electron chi connectivity index (χ3n) is 7.16. The van der Waals surface area contributed by atoms with Gasteiger partial charge in [-0.2, -0.15) is 0 Å². The molecule has 0 aromatic heterocycles. The molecule has 44 heavy (non-hydrogen) atoms. The average Bonchev–Trinajstić information content (AvgIpc) is 3.43. The lowest BCUT2D eigenvalue weighted by Crippen LogP contribution is -2.53. The Morgan fingerprint density at radius 3 is 2.50 bits per heavy atom. The number of halogens is 1. The van der Waals surface area contributed by atoms with Crippen LogP contribution in [0.25, 0.3) is 10.4 Å². The van der Waals surface area contributed by atoms with Crippen LogP contribution >= 0.6 is 15.9 Å². The zero-order valence-corrected chi connectivity index (χ0v) is 25.4. The van der Waals surface area contributed by atoms with Crippen molar-refractivity contribution < 1.29 is 19.4 Å². The van der Waals surface area contributed by atoms with E-state index in [9.17, 15) is 10.3 Å². The summed E-state index contributed by atoms with van der Waals surface area (Å²) < 4.78 is 13.0. The van der Waals surface area contributed by atoms with E-state index in [1.165, 1.54) is 0 Å². The van der Waals surface area contributed by atoms with Gasteiger partial charge in [-0.15, -0.1) is 0 Å². The molecule has 0 unspecified atom stereocenters. The highest BCUT2D eigenvalue weighted by molar-refractivity contribution is 9.10. The van der Waals surface area contributed by atoms with Crippen LogP contribution in [0.3, 0.4) is 0 Å². The predicted molar refractivity (Wildman–Crippen MR) is 171 cm³/mol. The highest BCUT2D eigenvalue weighted by Gasteiger charge is 2.54. The summed E-state index contributed by atoms with van der Waals surface area (Å²) in [5.74, 6) is 0.511. The molecule has 1 amide bonds. The fourth-order valence-electron chi connectivity index (χ4n) is 4.97. The molecule has 0 saturated heterocycles. The molecule has 0 spiro atoms. The summed E-state index contributed by atoms with van der Waals surface area (Å²) in [7, 11) is 0. The molecule has 11 heteroatoms. The maximum absolute atomic E-state index is 14.4. The van der Waals surface area contributed by atoms with E-state index < -0.39 is 17.6 Å². The SMILES string of the molecule is [N-]=[N+]=Nc1ccccc1C[C@]1(C(=O)NNCc2ccccc2)N=C(c2ccc(OCCCO)cc2)O[C@H]1c1ccccc1Br. The van der Waals surface area contributed by atoms with E-state index in [2.05, 4.69) is 36.8 Å². The zero-order valence-electron chi connectivity index (χ0n) is 23.8. The zero-order chi connectivity index (χ0) is 30.8. The summed E-state index contributed by atoms with van der Waals surface area (Å²) in [6.45, 7) is 0.834. The van der Waals surface area contributed by atoms with Crippen LogP contribution in [0.15, 0.2) is 118 Å². The van der Waals surface area contributed by atoms with E-state index in [1.54, 1.807) is 24.3 Å². The van der Waals surface area contributed by atoms with Crippen LogP contribution in [0.2, 0.25) is 0 Å². The van der Waals surface area contributed by atoms with Gasteiger partial charge >= 0.3 is 0 Å². The van der Waals surface area contributed by atoms with Gasteiger partial charge in [0, 0.05) is 52.2 Å². The summed E-state index contributed by atoms with van der Waals surface area (Å²) >= 11 is 3.65. The summed E-state index contributed by atoms with van der Waals surface area (Å²) in [6.07, 6.45) is -0.233. The molecule has 0 aliphatic carbocycles. The van der Waals surface area contributed by atoms with Crippen LogP contribution in [0, 0.1) is 0 Å². The van der Waals surface area contributed by atoms with Crippen LogP contribution < -0.4 is 15.6 Å². The number of rotatable bonds is 13. The van der Waals surface area contributed by atoms with E-state index in [0.29, 0.717) is 42.1 Å². The van der Waals surface area contributed by atoms with Gasteiger partial charge in [0.05, 0.1) is 6.61 Å². The number of benzene rings is 4. The third-order valence-corrected chi connectivity index (χ3v) is 7.88. The molecule has 4 aromatic rings. The molecular formula is C33H31BrN6O4. The number of carbonyl (C=O) groups is 1. The molecule has 0 saturated carbocycles. The van der Waals surface area contributed by atoms with Crippen molar-refractivity contribution in [3.8, 4) is 5.75 Å². The number of aliphatic imine (C=N–C) groups is 1. The number of amides is 1. The van der Waals surface area contributed by atoms with E-state index in [4.69, 9.17) is 19.6 Å². The molecule has 0 bridgehead atoms. The van der Waals surface area contributed by atoms with E-state index in [-0.39, 0.29) is 18.9 Å². The minimum absolute atomic E-state index is 0.0479. The molecule has 224 valence electrons. The fourth-order valence-corrected chi connectivity index (χ4v) is 5.47. The average molecular weight is 656 g/mol. The second-order valence-electron chi connectivity index (χ2n) is 10.1. The lowest BCUT2D eigenvalue weighted by Gasteiger charge is -2.31. The van der Waals surface area contributed by atoms with Crippen molar-refractivity contribution in [3.63, 3.8) is 0 Å². The van der Waals surface area contributed by atoms with Crippen LogP contribution in [-0.2, 0) is 22.5 Å². The molecule has 2 atom stereocenters.